The lowest BCUT2D eigenvalue weighted by molar-refractivity contribution is -0.121. The van der Waals surface area contributed by atoms with Gasteiger partial charge in [0.1, 0.15) is 24.3 Å². The van der Waals surface area contributed by atoms with Gasteiger partial charge in [-0.3, -0.25) is 4.79 Å². The number of nitrogens with one attached hydrogen (secondary N) is 2. The van der Waals surface area contributed by atoms with Crippen LogP contribution in [-0.2, 0) is 11.2 Å². The first-order valence-corrected chi connectivity index (χ1v) is 9.62. The molecular weight excluding hydrogens is 375 g/mol. The smallest absolute Gasteiger partial charge is 0.220 e. The zero-order valence-electron chi connectivity index (χ0n) is 16.2. The Morgan fingerprint density at radius 1 is 1.28 bits per heavy atom. The average molecular weight is 398 g/mol. The van der Waals surface area contributed by atoms with Crippen LogP contribution < -0.4 is 19.5 Å². The van der Waals surface area contributed by atoms with E-state index in [4.69, 9.17) is 14.2 Å². The van der Waals surface area contributed by atoms with Crippen molar-refractivity contribution in [1.82, 2.24) is 10.3 Å². The van der Waals surface area contributed by atoms with Gasteiger partial charge in [0.25, 0.3) is 0 Å². The molecule has 0 spiro atoms. The number of fused-ring (bicyclic) bond motifs is 2. The molecule has 0 aliphatic carbocycles. The highest BCUT2D eigenvalue weighted by molar-refractivity contribution is 5.83. The zero-order chi connectivity index (χ0) is 20.2. The lowest BCUT2D eigenvalue weighted by atomic mass is 10.1. The minimum Gasteiger partial charge on any atom is -0.497 e. The molecule has 152 valence electrons. The number of aromatic nitrogens is 1. The standard InChI is InChI=1S/C22H23FN2O4/c1-27-16-6-8-20-21(10-16)29-17(13-28-20)12-25-22(26)4-2-3-14-11-24-19-7-5-15(23)9-18(14)19/h5-11,17,24H,2-4,12-13H2,1H3,(H,25,26). The van der Waals surface area contributed by atoms with Crippen LogP contribution in [-0.4, -0.2) is 37.3 Å². The SMILES string of the molecule is COc1ccc2c(c1)OC(CNC(=O)CCCc1c[nH]c3ccc(F)cc13)CO2. The second kappa shape index (κ2) is 8.43. The van der Waals surface area contributed by atoms with Crippen molar-refractivity contribution in [3.63, 3.8) is 0 Å². The first-order chi connectivity index (χ1) is 14.1. The number of amides is 1. The number of carbonyl (C=O) groups is 1. The number of methoxy groups -OCH3 is 1. The molecule has 1 amide bonds. The van der Waals surface area contributed by atoms with Crippen LogP contribution in [0.15, 0.2) is 42.6 Å². The van der Waals surface area contributed by atoms with Gasteiger partial charge in [0.2, 0.25) is 5.91 Å². The maximum Gasteiger partial charge on any atom is 0.220 e. The Morgan fingerprint density at radius 3 is 3.03 bits per heavy atom. The summed E-state index contributed by atoms with van der Waals surface area (Å²) in [6.07, 6.45) is 3.39. The molecule has 1 aliphatic heterocycles. The summed E-state index contributed by atoms with van der Waals surface area (Å²) in [7, 11) is 1.59. The zero-order valence-corrected chi connectivity index (χ0v) is 16.2. The summed E-state index contributed by atoms with van der Waals surface area (Å²) in [5.74, 6) is 1.67. The van der Waals surface area contributed by atoms with Crippen LogP contribution >= 0.6 is 0 Å². The molecule has 29 heavy (non-hydrogen) atoms. The summed E-state index contributed by atoms with van der Waals surface area (Å²) in [5, 5.41) is 3.76. The first-order valence-electron chi connectivity index (χ1n) is 9.62. The fourth-order valence-electron chi connectivity index (χ4n) is 3.44. The molecule has 2 N–H and O–H groups in total. The van der Waals surface area contributed by atoms with Gasteiger partial charge in [-0.1, -0.05) is 0 Å². The second-order valence-electron chi connectivity index (χ2n) is 7.02. The normalized spacial score (nSPS) is 15.3. The molecule has 2 aromatic carbocycles. The Balaban J connectivity index is 1.23. The summed E-state index contributed by atoms with van der Waals surface area (Å²) in [4.78, 5) is 15.3. The van der Waals surface area contributed by atoms with Crippen molar-refractivity contribution in [1.29, 1.82) is 0 Å². The average Bonchev–Trinajstić information content (AvgIpc) is 3.13. The highest BCUT2D eigenvalue weighted by Gasteiger charge is 2.22. The monoisotopic (exact) mass is 398 g/mol. The van der Waals surface area contributed by atoms with E-state index < -0.39 is 0 Å². The molecule has 0 fully saturated rings. The largest absolute Gasteiger partial charge is 0.497 e. The quantitative estimate of drug-likeness (QED) is 0.638. The van der Waals surface area contributed by atoms with Crippen molar-refractivity contribution >= 4 is 16.8 Å². The van der Waals surface area contributed by atoms with E-state index in [1.54, 1.807) is 25.3 Å². The van der Waals surface area contributed by atoms with Crippen LogP contribution in [0.3, 0.4) is 0 Å². The van der Waals surface area contributed by atoms with Crippen LogP contribution in [0.25, 0.3) is 10.9 Å². The van der Waals surface area contributed by atoms with Crippen molar-refractivity contribution in [2.24, 2.45) is 0 Å². The maximum absolute atomic E-state index is 13.4. The molecule has 0 bridgehead atoms. The number of ether oxygens (including phenoxy) is 3. The molecule has 1 aliphatic rings. The maximum atomic E-state index is 13.4. The van der Waals surface area contributed by atoms with Gasteiger partial charge in [-0.05, 0) is 48.7 Å². The van der Waals surface area contributed by atoms with E-state index in [0.29, 0.717) is 49.7 Å². The molecule has 0 saturated carbocycles. The van der Waals surface area contributed by atoms with E-state index in [9.17, 15) is 9.18 Å². The summed E-state index contributed by atoms with van der Waals surface area (Å²) in [5.41, 5.74) is 1.92. The minimum absolute atomic E-state index is 0.0453. The molecule has 1 unspecified atom stereocenters. The molecule has 2 heterocycles. The molecule has 3 aromatic rings. The van der Waals surface area contributed by atoms with Crippen LogP contribution in [0.5, 0.6) is 17.2 Å². The van der Waals surface area contributed by atoms with Gasteiger partial charge in [0.05, 0.1) is 13.7 Å². The van der Waals surface area contributed by atoms with Gasteiger partial charge < -0.3 is 24.5 Å². The van der Waals surface area contributed by atoms with Crippen LogP contribution in [0.2, 0.25) is 0 Å². The predicted octanol–water partition coefficient (Wildman–Crippen LogP) is 3.59. The van der Waals surface area contributed by atoms with E-state index in [-0.39, 0.29) is 17.8 Å². The molecule has 0 saturated heterocycles. The Morgan fingerprint density at radius 2 is 2.17 bits per heavy atom. The van der Waals surface area contributed by atoms with E-state index in [0.717, 1.165) is 16.5 Å². The van der Waals surface area contributed by atoms with E-state index in [1.165, 1.54) is 12.1 Å². The summed E-state index contributed by atoms with van der Waals surface area (Å²) >= 11 is 0. The van der Waals surface area contributed by atoms with E-state index in [1.807, 2.05) is 12.3 Å². The Bertz CT molecular complexity index is 1020. The summed E-state index contributed by atoms with van der Waals surface area (Å²) in [6, 6.07) is 10.1. The molecule has 1 atom stereocenters. The number of H-pyrrole nitrogens is 1. The number of hydrogen-bond acceptors (Lipinski definition) is 4. The molecular formula is C22H23FN2O4. The van der Waals surface area contributed by atoms with Gasteiger partial charge in [-0.15, -0.1) is 0 Å². The van der Waals surface area contributed by atoms with Gasteiger partial charge in [-0.2, -0.15) is 0 Å². The molecule has 7 heteroatoms. The van der Waals surface area contributed by atoms with Crippen LogP contribution in [0.1, 0.15) is 18.4 Å². The lowest BCUT2D eigenvalue weighted by Crippen LogP contribution is -2.40. The number of halogens is 1. The van der Waals surface area contributed by atoms with Crippen molar-refractivity contribution in [3.8, 4) is 17.2 Å². The molecule has 4 rings (SSSR count). The summed E-state index contributed by atoms with van der Waals surface area (Å²) in [6.45, 7) is 0.744. The van der Waals surface area contributed by atoms with E-state index in [2.05, 4.69) is 10.3 Å². The van der Waals surface area contributed by atoms with Gasteiger partial charge in [-0.25, -0.2) is 4.39 Å². The van der Waals surface area contributed by atoms with Gasteiger partial charge in [0, 0.05) is 29.6 Å². The van der Waals surface area contributed by atoms with Crippen molar-refractivity contribution < 1.29 is 23.4 Å². The lowest BCUT2D eigenvalue weighted by Gasteiger charge is -2.27. The number of rotatable bonds is 7. The van der Waals surface area contributed by atoms with Gasteiger partial charge >= 0.3 is 0 Å². The van der Waals surface area contributed by atoms with Crippen molar-refractivity contribution in [3.05, 3.63) is 54.0 Å². The predicted molar refractivity (Wildman–Crippen MR) is 107 cm³/mol. The second-order valence-corrected chi connectivity index (χ2v) is 7.02. The number of aromatic amines is 1. The number of hydrogen-bond donors (Lipinski definition) is 2. The fourth-order valence-corrected chi connectivity index (χ4v) is 3.44. The Labute approximate surface area is 168 Å². The minimum atomic E-state index is -0.259. The van der Waals surface area contributed by atoms with Crippen LogP contribution in [0, 0.1) is 5.82 Å². The summed E-state index contributed by atoms with van der Waals surface area (Å²) < 4.78 is 30.2. The van der Waals surface area contributed by atoms with Gasteiger partial charge in [0.15, 0.2) is 11.5 Å². The Hall–Kier alpha value is -3.22. The highest BCUT2D eigenvalue weighted by Crippen LogP contribution is 2.34. The third-order valence-electron chi connectivity index (χ3n) is 4.98. The van der Waals surface area contributed by atoms with E-state index >= 15 is 0 Å². The van der Waals surface area contributed by atoms with Crippen molar-refractivity contribution in [2.45, 2.75) is 25.4 Å². The third kappa shape index (κ3) is 4.45. The molecule has 6 nitrogen and oxygen atoms in total. The number of aryl methyl sites for hydroxylation is 1. The molecule has 0 radical (unpaired) electrons. The fraction of sp³-hybridized carbons (Fsp3) is 0.318. The highest BCUT2D eigenvalue weighted by atomic mass is 19.1. The Kier molecular flexibility index (Phi) is 5.55. The number of benzene rings is 2. The van der Waals surface area contributed by atoms with Crippen molar-refractivity contribution in [2.75, 3.05) is 20.3 Å². The number of carbonyl (C=O) groups excluding carboxylic acids is 1. The first kappa shape index (κ1) is 19.1. The third-order valence-corrected chi connectivity index (χ3v) is 4.98. The topological polar surface area (TPSA) is 72.6 Å². The molecule has 1 aromatic heterocycles. The van der Waals surface area contributed by atoms with Crippen LogP contribution in [0.4, 0.5) is 4.39 Å².